The van der Waals surface area contributed by atoms with Crippen LogP contribution < -0.4 is 0 Å². The van der Waals surface area contributed by atoms with Crippen molar-refractivity contribution in [3.63, 3.8) is 0 Å². The van der Waals surface area contributed by atoms with E-state index < -0.39 is 16.7 Å². The van der Waals surface area contributed by atoms with Gasteiger partial charge >= 0.3 is 5.97 Å². The lowest BCUT2D eigenvalue weighted by atomic mass is 10.2. The second-order valence-electron chi connectivity index (χ2n) is 2.31. The van der Waals surface area contributed by atoms with E-state index in [2.05, 4.69) is 20.7 Å². The number of aliphatic hydroxyl groups excluding tert-OH is 1. The summed E-state index contributed by atoms with van der Waals surface area (Å²) in [6.07, 6.45) is 1.06. The molecule has 0 heterocycles. The number of halogens is 2. The Hall–Kier alpha value is -0.420. The molecule has 0 aromatic carbocycles. The van der Waals surface area contributed by atoms with Crippen LogP contribution >= 0.6 is 15.9 Å². The molecule has 0 fully saturated rings. The van der Waals surface area contributed by atoms with Gasteiger partial charge in [0.15, 0.2) is 0 Å². The lowest BCUT2D eigenvalue weighted by Crippen LogP contribution is -2.40. The van der Waals surface area contributed by atoms with Crippen LogP contribution in [-0.2, 0) is 9.53 Å². The molecule has 0 bridgehead atoms. The van der Waals surface area contributed by atoms with Gasteiger partial charge in [0.25, 0.3) is 4.58 Å². The van der Waals surface area contributed by atoms with Crippen LogP contribution in [0.5, 0.6) is 0 Å². The third-order valence-electron chi connectivity index (χ3n) is 1.29. The molecule has 1 N–H and O–H groups in total. The number of carbonyl (C=O) groups is 1. The van der Waals surface area contributed by atoms with Crippen molar-refractivity contribution in [1.29, 1.82) is 0 Å². The van der Waals surface area contributed by atoms with Gasteiger partial charge in [0.2, 0.25) is 0 Å². The molecule has 0 aliphatic carbocycles. The fourth-order valence-electron chi connectivity index (χ4n) is 0.651. The monoisotopic (exact) mass is 254 g/mol. The molecule has 0 amide bonds. The Balaban J connectivity index is 4.44. The first-order valence-corrected chi connectivity index (χ1v) is 4.62. The standard InChI is InChI=1S/C8H12BrFO3/c1-3-5-6(11)8(9,10)7(12)13-4-2/h3,5-6,11H,4H2,1-2H3/b5-3+. The summed E-state index contributed by atoms with van der Waals surface area (Å²) in [6, 6.07) is 0. The van der Waals surface area contributed by atoms with E-state index in [0.29, 0.717) is 0 Å². The molecular weight excluding hydrogens is 243 g/mol. The summed E-state index contributed by atoms with van der Waals surface area (Å²) in [6.45, 7) is 3.24. The normalized spacial score (nSPS) is 18.2. The molecule has 0 aliphatic heterocycles. The fourth-order valence-corrected chi connectivity index (χ4v) is 0.918. The number of hydrogen-bond acceptors (Lipinski definition) is 3. The number of carbonyl (C=O) groups excluding carboxylic acids is 1. The Morgan fingerprint density at radius 3 is 2.77 bits per heavy atom. The van der Waals surface area contributed by atoms with Crippen molar-refractivity contribution in [3.05, 3.63) is 12.2 Å². The van der Waals surface area contributed by atoms with E-state index in [9.17, 15) is 9.18 Å². The molecule has 76 valence electrons. The molecule has 2 unspecified atom stereocenters. The van der Waals surface area contributed by atoms with E-state index in [1.807, 2.05) is 0 Å². The Bertz CT molecular complexity index is 204. The van der Waals surface area contributed by atoms with Gasteiger partial charge in [-0.3, -0.25) is 0 Å². The highest BCUT2D eigenvalue weighted by Gasteiger charge is 2.43. The number of hydrogen-bond donors (Lipinski definition) is 1. The van der Waals surface area contributed by atoms with Crippen LogP contribution in [0.1, 0.15) is 13.8 Å². The molecule has 5 heteroatoms. The summed E-state index contributed by atoms with van der Waals surface area (Å²) < 4.78 is 15.3. The number of allylic oxidation sites excluding steroid dienone is 1. The Morgan fingerprint density at radius 1 is 1.85 bits per heavy atom. The van der Waals surface area contributed by atoms with E-state index in [1.165, 1.54) is 6.08 Å². The van der Waals surface area contributed by atoms with Gasteiger partial charge in [-0.1, -0.05) is 12.2 Å². The van der Waals surface area contributed by atoms with E-state index in [0.717, 1.165) is 6.08 Å². The maximum atomic E-state index is 13.4. The van der Waals surface area contributed by atoms with Crippen LogP contribution in [0.25, 0.3) is 0 Å². The maximum Gasteiger partial charge on any atom is 0.358 e. The summed E-state index contributed by atoms with van der Waals surface area (Å²) in [4.78, 5) is 10.9. The number of aliphatic hydroxyl groups is 1. The molecule has 0 spiro atoms. The molecule has 0 aromatic heterocycles. The largest absolute Gasteiger partial charge is 0.463 e. The van der Waals surface area contributed by atoms with E-state index in [1.54, 1.807) is 13.8 Å². The van der Waals surface area contributed by atoms with E-state index in [-0.39, 0.29) is 6.61 Å². The van der Waals surface area contributed by atoms with Crippen molar-refractivity contribution < 1.29 is 19.0 Å². The lowest BCUT2D eigenvalue weighted by molar-refractivity contribution is -0.154. The quantitative estimate of drug-likeness (QED) is 0.471. The van der Waals surface area contributed by atoms with Gasteiger partial charge in [-0.25, -0.2) is 9.18 Å². The molecule has 0 saturated carbocycles. The van der Waals surface area contributed by atoms with Crippen molar-refractivity contribution in [3.8, 4) is 0 Å². The first-order chi connectivity index (χ1) is 5.96. The molecule has 0 aromatic rings. The summed E-state index contributed by atoms with van der Waals surface area (Å²) in [7, 11) is 0. The molecule has 3 nitrogen and oxygen atoms in total. The van der Waals surface area contributed by atoms with Crippen LogP contribution in [0.15, 0.2) is 12.2 Å². The third-order valence-corrected chi connectivity index (χ3v) is 2.09. The second-order valence-corrected chi connectivity index (χ2v) is 3.47. The molecule has 2 atom stereocenters. The first-order valence-electron chi connectivity index (χ1n) is 3.82. The summed E-state index contributed by atoms with van der Waals surface area (Å²) in [5.74, 6) is -1.12. The smallest absolute Gasteiger partial charge is 0.358 e. The van der Waals surface area contributed by atoms with Gasteiger partial charge in [-0.2, -0.15) is 0 Å². The molecule has 0 aliphatic rings. The Kier molecular flexibility index (Phi) is 5.17. The topological polar surface area (TPSA) is 46.5 Å². The molecule has 13 heavy (non-hydrogen) atoms. The van der Waals surface area contributed by atoms with Crippen molar-refractivity contribution in [2.24, 2.45) is 0 Å². The zero-order valence-corrected chi connectivity index (χ0v) is 9.04. The minimum atomic E-state index is -2.56. The Morgan fingerprint density at radius 2 is 2.38 bits per heavy atom. The molecule has 0 rings (SSSR count). The summed E-state index contributed by atoms with van der Waals surface area (Å²) in [5.41, 5.74) is 0. The SMILES string of the molecule is C/C=C/C(O)C(F)(Br)C(=O)OCC. The highest BCUT2D eigenvalue weighted by Crippen LogP contribution is 2.27. The summed E-state index contributed by atoms with van der Waals surface area (Å²) >= 11 is 2.47. The summed E-state index contributed by atoms with van der Waals surface area (Å²) in [5, 5.41) is 9.16. The van der Waals surface area contributed by atoms with Gasteiger partial charge < -0.3 is 9.84 Å². The zero-order valence-electron chi connectivity index (χ0n) is 7.46. The minimum absolute atomic E-state index is 0.0681. The highest BCUT2D eigenvalue weighted by molar-refractivity contribution is 9.10. The van der Waals surface area contributed by atoms with Crippen molar-refractivity contribution >= 4 is 21.9 Å². The average molecular weight is 255 g/mol. The first kappa shape index (κ1) is 12.6. The van der Waals surface area contributed by atoms with Crippen LogP contribution in [0.2, 0.25) is 0 Å². The number of alkyl halides is 2. The zero-order chi connectivity index (χ0) is 10.5. The van der Waals surface area contributed by atoms with Gasteiger partial charge in [-0.05, 0) is 29.8 Å². The van der Waals surface area contributed by atoms with Gasteiger partial charge in [0.1, 0.15) is 6.10 Å². The van der Waals surface area contributed by atoms with E-state index >= 15 is 0 Å². The van der Waals surface area contributed by atoms with Crippen molar-refractivity contribution in [2.75, 3.05) is 6.61 Å². The Labute approximate surface area is 84.7 Å². The highest BCUT2D eigenvalue weighted by atomic mass is 79.9. The van der Waals surface area contributed by atoms with Gasteiger partial charge in [0, 0.05) is 0 Å². The van der Waals surface area contributed by atoms with Gasteiger partial charge in [-0.15, -0.1) is 0 Å². The van der Waals surface area contributed by atoms with Crippen LogP contribution in [0, 0.1) is 0 Å². The number of rotatable bonds is 4. The van der Waals surface area contributed by atoms with Crippen molar-refractivity contribution in [1.82, 2.24) is 0 Å². The third kappa shape index (κ3) is 3.44. The van der Waals surface area contributed by atoms with Gasteiger partial charge in [0.05, 0.1) is 6.61 Å². The minimum Gasteiger partial charge on any atom is -0.463 e. The lowest BCUT2D eigenvalue weighted by Gasteiger charge is -2.19. The molecule has 0 saturated heterocycles. The molecular formula is C8H12BrFO3. The predicted octanol–water partition coefficient (Wildman–Crippen LogP) is 1.55. The maximum absolute atomic E-state index is 13.4. The molecule has 0 radical (unpaired) electrons. The number of ether oxygens (including phenoxy) is 1. The average Bonchev–Trinajstić information content (AvgIpc) is 2.05. The van der Waals surface area contributed by atoms with Crippen LogP contribution in [-0.4, -0.2) is 28.4 Å². The van der Waals surface area contributed by atoms with Crippen LogP contribution in [0.3, 0.4) is 0 Å². The second kappa shape index (κ2) is 5.34. The van der Waals surface area contributed by atoms with Crippen molar-refractivity contribution in [2.45, 2.75) is 24.5 Å². The van der Waals surface area contributed by atoms with E-state index in [4.69, 9.17) is 5.11 Å². The fraction of sp³-hybridized carbons (Fsp3) is 0.625. The van der Waals surface area contributed by atoms with Crippen LogP contribution in [0.4, 0.5) is 4.39 Å². The number of esters is 1. The predicted molar refractivity (Wildman–Crippen MR) is 50.2 cm³/mol.